The molecule has 1 rings (SSSR count). The summed E-state index contributed by atoms with van der Waals surface area (Å²) in [6, 6.07) is 1.56. The second kappa shape index (κ2) is 8.04. The molecule has 1 saturated carbocycles. The molecule has 0 heterocycles. The Labute approximate surface area is 101 Å². The molecule has 1 atom stereocenters. The fourth-order valence-corrected chi connectivity index (χ4v) is 2.23. The fourth-order valence-electron chi connectivity index (χ4n) is 2.23. The largest absolute Gasteiger partial charge is 0.383 e. The molecule has 0 spiro atoms. The molecule has 0 radical (unpaired) electrons. The van der Waals surface area contributed by atoms with Crippen LogP contribution >= 0.6 is 0 Å². The van der Waals surface area contributed by atoms with E-state index in [1.54, 1.807) is 7.11 Å². The van der Waals surface area contributed by atoms with E-state index in [0.29, 0.717) is 6.04 Å². The van der Waals surface area contributed by atoms with E-state index >= 15 is 0 Å². The van der Waals surface area contributed by atoms with Crippen LogP contribution in [0, 0.1) is 0 Å². The second-order valence-electron chi connectivity index (χ2n) is 4.81. The average molecular weight is 228 g/mol. The summed E-state index contributed by atoms with van der Waals surface area (Å²) in [6.45, 7) is 8.74. The normalized spacial score (nSPS) is 18.0. The van der Waals surface area contributed by atoms with Gasteiger partial charge in [0.15, 0.2) is 0 Å². The molecular formula is C13H28N2O. The predicted octanol–water partition coefficient (Wildman–Crippen LogP) is 1.88. The summed E-state index contributed by atoms with van der Waals surface area (Å²) in [7, 11) is 1.79. The van der Waals surface area contributed by atoms with Gasteiger partial charge in [-0.2, -0.15) is 0 Å². The molecule has 96 valence electrons. The highest BCUT2D eigenvalue weighted by molar-refractivity contribution is 4.87. The number of rotatable bonds is 10. The minimum Gasteiger partial charge on any atom is -0.383 e. The molecule has 0 aromatic heterocycles. The molecule has 1 N–H and O–H groups in total. The highest BCUT2D eigenvalue weighted by atomic mass is 16.5. The summed E-state index contributed by atoms with van der Waals surface area (Å²) >= 11 is 0. The molecule has 0 saturated heterocycles. The van der Waals surface area contributed by atoms with Crippen LogP contribution in [0.3, 0.4) is 0 Å². The molecule has 1 aliphatic carbocycles. The lowest BCUT2D eigenvalue weighted by atomic mass is 10.1. The first-order valence-corrected chi connectivity index (χ1v) is 6.75. The van der Waals surface area contributed by atoms with Gasteiger partial charge in [-0.05, 0) is 45.7 Å². The van der Waals surface area contributed by atoms with Gasteiger partial charge in [-0.15, -0.1) is 0 Å². The predicted molar refractivity (Wildman–Crippen MR) is 68.8 cm³/mol. The van der Waals surface area contributed by atoms with E-state index in [0.717, 1.165) is 32.3 Å². The summed E-state index contributed by atoms with van der Waals surface area (Å²) < 4.78 is 5.19. The van der Waals surface area contributed by atoms with Gasteiger partial charge in [0, 0.05) is 25.7 Å². The molecule has 0 bridgehead atoms. The maximum Gasteiger partial charge on any atom is 0.0589 e. The lowest BCUT2D eigenvalue weighted by molar-refractivity contribution is 0.115. The van der Waals surface area contributed by atoms with Crippen molar-refractivity contribution in [1.82, 2.24) is 10.2 Å². The van der Waals surface area contributed by atoms with Crippen LogP contribution in [0.1, 0.15) is 39.5 Å². The number of hydrogen-bond donors (Lipinski definition) is 1. The summed E-state index contributed by atoms with van der Waals surface area (Å²) in [5.41, 5.74) is 0. The van der Waals surface area contributed by atoms with Gasteiger partial charge in [-0.25, -0.2) is 0 Å². The van der Waals surface area contributed by atoms with E-state index in [2.05, 4.69) is 24.1 Å². The molecule has 1 aliphatic rings. The van der Waals surface area contributed by atoms with Crippen LogP contribution < -0.4 is 5.32 Å². The summed E-state index contributed by atoms with van der Waals surface area (Å²) in [6.07, 6.45) is 5.36. The second-order valence-corrected chi connectivity index (χ2v) is 4.81. The monoisotopic (exact) mass is 228 g/mol. The molecule has 16 heavy (non-hydrogen) atoms. The standard InChI is InChI=1S/C13H28N2O/c1-4-14-9-5-6-12(2)15(10-11-16-3)13-7-8-13/h12-14H,4-11H2,1-3H3. The van der Waals surface area contributed by atoms with Gasteiger partial charge in [0.2, 0.25) is 0 Å². The highest BCUT2D eigenvalue weighted by Gasteiger charge is 2.31. The van der Waals surface area contributed by atoms with Crippen molar-refractivity contribution in [3.05, 3.63) is 0 Å². The van der Waals surface area contributed by atoms with Gasteiger partial charge in [0.05, 0.1) is 6.61 Å². The van der Waals surface area contributed by atoms with Crippen LogP contribution in [0.5, 0.6) is 0 Å². The Bertz CT molecular complexity index is 171. The van der Waals surface area contributed by atoms with Crippen LogP contribution in [0.25, 0.3) is 0 Å². The van der Waals surface area contributed by atoms with Gasteiger partial charge in [-0.3, -0.25) is 4.90 Å². The fraction of sp³-hybridized carbons (Fsp3) is 1.00. The van der Waals surface area contributed by atoms with Crippen molar-refractivity contribution in [2.45, 2.75) is 51.6 Å². The Morgan fingerprint density at radius 2 is 2.19 bits per heavy atom. The van der Waals surface area contributed by atoms with Crippen molar-refractivity contribution in [2.75, 3.05) is 33.4 Å². The van der Waals surface area contributed by atoms with Crippen molar-refractivity contribution < 1.29 is 4.74 Å². The average Bonchev–Trinajstić information content (AvgIpc) is 3.09. The van der Waals surface area contributed by atoms with Crippen LogP contribution in [-0.2, 0) is 4.74 Å². The zero-order chi connectivity index (χ0) is 11.8. The van der Waals surface area contributed by atoms with Crippen molar-refractivity contribution in [2.24, 2.45) is 0 Å². The smallest absolute Gasteiger partial charge is 0.0589 e. The molecule has 0 aliphatic heterocycles. The first-order valence-electron chi connectivity index (χ1n) is 6.75. The zero-order valence-electron chi connectivity index (χ0n) is 11.2. The first-order chi connectivity index (χ1) is 7.79. The number of ether oxygens (including phenoxy) is 1. The molecule has 1 unspecified atom stereocenters. The maximum absolute atomic E-state index is 5.19. The van der Waals surface area contributed by atoms with Crippen LogP contribution in [0.15, 0.2) is 0 Å². The van der Waals surface area contributed by atoms with Crippen LogP contribution in [0.2, 0.25) is 0 Å². The van der Waals surface area contributed by atoms with Gasteiger partial charge in [0.1, 0.15) is 0 Å². The van der Waals surface area contributed by atoms with E-state index in [4.69, 9.17) is 4.74 Å². The number of methoxy groups -OCH3 is 1. The SMILES string of the molecule is CCNCCCC(C)N(CCOC)C1CC1. The summed E-state index contributed by atoms with van der Waals surface area (Å²) in [4.78, 5) is 2.63. The number of hydrogen-bond acceptors (Lipinski definition) is 3. The van der Waals surface area contributed by atoms with Crippen molar-refractivity contribution >= 4 is 0 Å². The Kier molecular flexibility index (Phi) is 7.01. The van der Waals surface area contributed by atoms with Crippen molar-refractivity contribution in [3.8, 4) is 0 Å². The van der Waals surface area contributed by atoms with E-state index in [1.807, 2.05) is 0 Å². The lowest BCUT2D eigenvalue weighted by Gasteiger charge is -2.29. The highest BCUT2D eigenvalue weighted by Crippen LogP contribution is 2.29. The third kappa shape index (κ3) is 5.28. The van der Waals surface area contributed by atoms with E-state index in [-0.39, 0.29) is 0 Å². The van der Waals surface area contributed by atoms with Gasteiger partial charge >= 0.3 is 0 Å². The van der Waals surface area contributed by atoms with Crippen LogP contribution in [0.4, 0.5) is 0 Å². The Hall–Kier alpha value is -0.120. The molecular weight excluding hydrogens is 200 g/mol. The topological polar surface area (TPSA) is 24.5 Å². The van der Waals surface area contributed by atoms with Gasteiger partial charge < -0.3 is 10.1 Å². The van der Waals surface area contributed by atoms with E-state index in [1.165, 1.54) is 25.7 Å². The maximum atomic E-state index is 5.19. The number of nitrogens with zero attached hydrogens (tertiary/aromatic N) is 1. The van der Waals surface area contributed by atoms with Crippen LogP contribution in [-0.4, -0.2) is 50.3 Å². The van der Waals surface area contributed by atoms with Gasteiger partial charge in [0.25, 0.3) is 0 Å². The molecule has 0 amide bonds. The first kappa shape index (κ1) is 13.9. The third-order valence-corrected chi connectivity index (χ3v) is 3.36. The van der Waals surface area contributed by atoms with E-state index in [9.17, 15) is 0 Å². The summed E-state index contributed by atoms with van der Waals surface area (Å²) in [5, 5.41) is 3.39. The molecule has 0 aromatic carbocycles. The molecule has 3 nitrogen and oxygen atoms in total. The summed E-state index contributed by atoms with van der Waals surface area (Å²) in [5.74, 6) is 0. The minimum absolute atomic E-state index is 0.710. The quantitative estimate of drug-likeness (QED) is 0.578. The minimum atomic E-state index is 0.710. The lowest BCUT2D eigenvalue weighted by Crippen LogP contribution is -2.38. The Morgan fingerprint density at radius 1 is 1.44 bits per heavy atom. The third-order valence-electron chi connectivity index (χ3n) is 3.36. The zero-order valence-corrected chi connectivity index (χ0v) is 11.2. The van der Waals surface area contributed by atoms with Gasteiger partial charge in [-0.1, -0.05) is 6.92 Å². The van der Waals surface area contributed by atoms with E-state index < -0.39 is 0 Å². The molecule has 1 fully saturated rings. The molecule has 3 heteroatoms. The number of nitrogens with one attached hydrogen (secondary N) is 1. The Balaban J connectivity index is 2.16. The van der Waals surface area contributed by atoms with Crippen molar-refractivity contribution in [1.29, 1.82) is 0 Å². The molecule has 0 aromatic rings. The van der Waals surface area contributed by atoms with Crippen molar-refractivity contribution in [3.63, 3.8) is 0 Å². The Morgan fingerprint density at radius 3 is 2.75 bits per heavy atom.